The monoisotopic (exact) mass is 310 g/mol. The predicted molar refractivity (Wildman–Crippen MR) is 89.5 cm³/mol. The second-order valence-electron chi connectivity index (χ2n) is 5.31. The predicted octanol–water partition coefficient (Wildman–Crippen LogP) is 3.50. The van der Waals surface area contributed by atoms with Gasteiger partial charge in [0.05, 0.1) is 13.0 Å². The smallest absolute Gasteiger partial charge is 0.312 e. The van der Waals surface area contributed by atoms with Crippen LogP contribution >= 0.6 is 0 Å². The van der Waals surface area contributed by atoms with E-state index < -0.39 is 0 Å². The number of carbonyl (C=O) groups excluding carboxylic acids is 1. The molecule has 0 radical (unpaired) electrons. The number of nitrogens with one attached hydrogen (secondary N) is 1. The number of carbonyl (C=O) groups is 1. The Labute approximate surface area is 135 Å². The Balaban J connectivity index is 1.72. The molecule has 1 aliphatic rings. The van der Waals surface area contributed by atoms with Crippen molar-refractivity contribution in [2.24, 2.45) is 4.99 Å². The molecule has 0 fully saturated rings. The van der Waals surface area contributed by atoms with Gasteiger partial charge in [0.25, 0.3) is 0 Å². The minimum Gasteiger partial charge on any atom is -0.483 e. The lowest BCUT2D eigenvalue weighted by Crippen LogP contribution is -2.23. The summed E-state index contributed by atoms with van der Waals surface area (Å²) >= 11 is 0. The lowest BCUT2D eigenvalue weighted by atomic mass is 10.0. The van der Waals surface area contributed by atoms with Gasteiger partial charge in [-0.1, -0.05) is 24.3 Å². The number of hydrogen-bond acceptors (Lipinski definition) is 5. The number of hydrogen-bond donors (Lipinski definition) is 1. The number of anilines is 1. The molecule has 5 heteroatoms. The van der Waals surface area contributed by atoms with E-state index in [9.17, 15) is 4.79 Å². The van der Waals surface area contributed by atoms with E-state index in [1.807, 2.05) is 55.5 Å². The number of nitrogens with zero attached hydrogens (tertiary/aromatic N) is 1. The van der Waals surface area contributed by atoms with E-state index in [4.69, 9.17) is 9.47 Å². The fraction of sp³-hybridized carbons (Fsp3) is 0.222. The third-order valence-electron chi connectivity index (χ3n) is 3.74. The van der Waals surface area contributed by atoms with Crippen LogP contribution in [0.2, 0.25) is 0 Å². The Morgan fingerprint density at radius 2 is 1.96 bits per heavy atom. The van der Waals surface area contributed by atoms with E-state index in [0.29, 0.717) is 6.61 Å². The summed E-state index contributed by atoms with van der Waals surface area (Å²) in [6, 6.07) is 15.3. The molecule has 0 aromatic heterocycles. The van der Waals surface area contributed by atoms with Crippen LogP contribution in [-0.4, -0.2) is 25.5 Å². The van der Waals surface area contributed by atoms with Crippen molar-refractivity contribution in [3.8, 4) is 5.75 Å². The molecule has 3 rings (SSSR count). The molecule has 0 aliphatic carbocycles. The fourth-order valence-corrected chi connectivity index (χ4v) is 2.39. The van der Waals surface area contributed by atoms with Crippen molar-refractivity contribution < 1.29 is 14.3 Å². The Kier molecular flexibility index (Phi) is 4.28. The van der Waals surface area contributed by atoms with E-state index in [0.717, 1.165) is 28.5 Å². The fourth-order valence-electron chi connectivity index (χ4n) is 2.39. The number of rotatable bonds is 3. The van der Waals surface area contributed by atoms with Gasteiger partial charge in [0.15, 0.2) is 0 Å². The Hall–Kier alpha value is -2.82. The molecule has 1 unspecified atom stereocenters. The van der Waals surface area contributed by atoms with Crippen LogP contribution in [0.1, 0.15) is 18.4 Å². The average Bonchev–Trinajstić information content (AvgIpc) is 2.61. The Bertz CT molecular complexity index is 738. The SMILES string of the molecule is COC(=O)C(C)c1ccc(NC2=Nc3ccccc3OC2)cc1. The Morgan fingerprint density at radius 3 is 2.70 bits per heavy atom. The third-order valence-corrected chi connectivity index (χ3v) is 3.74. The number of methoxy groups -OCH3 is 1. The van der Waals surface area contributed by atoms with Crippen molar-refractivity contribution in [3.63, 3.8) is 0 Å². The number of ether oxygens (including phenoxy) is 2. The second kappa shape index (κ2) is 6.52. The number of amidine groups is 1. The summed E-state index contributed by atoms with van der Waals surface area (Å²) in [6.07, 6.45) is 0. The summed E-state index contributed by atoms with van der Waals surface area (Å²) in [5.41, 5.74) is 2.62. The molecule has 1 aliphatic heterocycles. The number of benzene rings is 2. The van der Waals surface area contributed by atoms with Gasteiger partial charge in [-0.2, -0.15) is 0 Å². The van der Waals surface area contributed by atoms with Gasteiger partial charge in [-0.15, -0.1) is 0 Å². The molecule has 118 valence electrons. The molecule has 0 saturated carbocycles. The number of para-hydroxylation sites is 2. The van der Waals surface area contributed by atoms with Crippen LogP contribution in [-0.2, 0) is 9.53 Å². The third kappa shape index (κ3) is 3.34. The molecule has 23 heavy (non-hydrogen) atoms. The zero-order chi connectivity index (χ0) is 16.2. The van der Waals surface area contributed by atoms with Gasteiger partial charge < -0.3 is 14.8 Å². The minimum atomic E-state index is -0.281. The number of esters is 1. The summed E-state index contributed by atoms with van der Waals surface area (Å²) in [6.45, 7) is 2.22. The van der Waals surface area contributed by atoms with Crippen LogP contribution in [0.5, 0.6) is 5.75 Å². The van der Waals surface area contributed by atoms with E-state index >= 15 is 0 Å². The molecule has 0 bridgehead atoms. The molecule has 5 nitrogen and oxygen atoms in total. The lowest BCUT2D eigenvalue weighted by Gasteiger charge is -2.18. The first kappa shape index (κ1) is 15.1. The highest BCUT2D eigenvalue weighted by atomic mass is 16.5. The zero-order valence-electron chi connectivity index (χ0n) is 13.1. The van der Waals surface area contributed by atoms with Crippen LogP contribution < -0.4 is 10.1 Å². The molecule has 2 aromatic rings. The summed E-state index contributed by atoms with van der Waals surface area (Å²) in [5, 5.41) is 3.24. The van der Waals surface area contributed by atoms with E-state index in [2.05, 4.69) is 10.3 Å². The second-order valence-corrected chi connectivity index (χ2v) is 5.31. The highest BCUT2D eigenvalue weighted by Crippen LogP contribution is 2.30. The molecule has 0 spiro atoms. The Morgan fingerprint density at radius 1 is 1.22 bits per heavy atom. The van der Waals surface area contributed by atoms with Gasteiger partial charge in [0.2, 0.25) is 0 Å². The van der Waals surface area contributed by atoms with Crippen molar-refractivity contribution in [1.29, 1.82) is 0 Å². The average molecular weight is 310 g/mol. The van der Waals surface area contributed by atoms with Gasteiger partial charge in [-0.3, -0.25) is 4.79 Å². The summed E-state index contributed by atoms with van der Waals surface area (Å²) in [4.78, 5) is 16.1. The van der Waals surface area contributed by atoms with Gasteiger partial charge in [-0.05, 0) is 36.8 Å². The first-order valence-corrected chi connectivity index (χ1v) is 7.41. The first-order chi connectivity index (χ1) is 11.2. The van der Waals surface area contributed by atoms with Crippen LogP contribution in [0.4, 0.5) is 11.4 Å². The van der Waals surface area contributed by atoms with Crippen molar-refractivity contribution in [2.75, 3.05) is 19.0 Å². The minimum absolute atomic E-state index is 0.243. The summed E-state index contributed by atoms with van der Waals surface area (Å²) in [7, 11) is 1.40. The number of aliphatic imine (C=N–C) groups is 1. The molecule has 1 heterocycles. The molecule has 0 saturated heterocycles. The maximum absolute atomic E-state index is 11.6. The lowest BCUT2D eigenvalue weighted by molar-refractivity contribution is -0.141. The molecule has 0 amide bonds. The van der Waals surface area contributed by atoms with Gasteiger partial charge in [0.1, 0.15) is 23.9 Å². The topological polar surface area (TPSA) is 59.9 Å². The van der Waals surface area contributed by atoms with Crippen molar-refractivity contribution in [1.82, 2.24) is 0 Å². The van der Waals surface area contributed by atoms with Crippen molar-refractivity contribution >= 4 is 23.2 Å². The normalized spacial score (nSPS) is 14.1. The highest BCUT2D eigenvalue weighted by Gasteiger charge is 2.16. The van der Waals surface area contributed by atoms with Crippen molar-refractivity contribution in [2.45, 2.75) is 12.8 Å². The largest absolute Gasteiger partial charge is 0.483 e. The highest BCUT2D eigenvalue weighted by molar-refractivity contribution is 5.99. The van der Waals surface area contributed by atoms with Gasteiger partial charge in [-0.25, -0.2) is 4.99 Å². The maximum Gasteiger partial charge on any atom is 0.312 e. The van der Waals surface area contributed by atoms with Gasteiger partial charge >= 0.3 is 5.97 Å². The maximum atomic E-state index is 11.6. The number of fused-ring (bicyclic) bond motifs is 1. The van der Waals surface area contributed by atoms with E-state index in [1.165, 1.54) is 7.11 Å². The molecule has 1 atom stereocenters. The van der Waals surface area contributed by atoms with Crippen molar-refractivity contribution in [3.05, 3.63) is 54.1 Å². The standard InChI is InChI=1S/C18H18N2O3/c1-12(18(21)22-2)13-7-9-14(10-8-13)19-17-11-23-16-6-4-3-5-15(16)20-17/h3-10,12H,11H2,1-2H3,(H,19,20). The van der Waals surface area contributed by atoms with Crippen LogP contribution in [0.3, 0.4) is 0 Å². The van der Waals surface area contributed by atoms with Gasteiger partial charge in [0, 0.05) is 5.69 Å². The van der Waals surface area contributed by atoms with Crippen LogP contribution in [0, 0.1) is 0 Å². The van der Waals surface area contributed by atoms with E-state index in [1.54, 1.807) is 0 Å². The quantitative estimate of drug-likeness (QED) is 0.882. The zero-order valence-corrected chi connectivity index (χ0v) is 13.1. The summed E-state index contributed by atoms with van der Waals surface area (Å²) in [5.74, 6) is 1.02. The van der Waals surface area contributed by atoms with Crippen LogP contribution in [0.15, 0.2) is 53.5 Å². The van der Waals surface area contributed by atoms with Crippen LogP contribution in [0.25, 0.3) is 0 Å². The summed E-state index contributed by atoms with van der Waals surface area (Å²) < 4.78 is 10.4. The molecular weight excluding hydrogens is 292 g/mol. The van der Waals surface area contributed by atoms with E-state index in [-0.39, 0.29) is 11.9 Å². The first-order valence-electron chi connectivity index (χ1n) is 7.41. The molecule has 1 N–H and O–H groups in total. The molecule has 2 aromatic carbocycles. The molecular formula is C18H18N2O3.